The molecule has 1 aromatic heterocycles. The van der Waals surface area contributed by atoms with Crippen molar-refractivity contribution in [1.82, 2.24) is 19.8 Å². The van der Waals surface area contributed by atoms with Crippen LogP contribution in [-0.4, -0.2) is 59.0 Å². The first-order valence-electron chi connectivity index (χ1n) is 11.7. The molecule has 0 atom stereocenters. The SMILES string of the molecule is O=C(CSc1nc(=O)n(CCCN2CCOCC2)c2c1CCCC2)NCc1ccccc1Cl. The Morgan fingerprint density at radius 1 is 1.15 bits per heavy atom. The lowest BCUT2D eigenvalue weighted by Gasteiger charge is -2.27. The van der Waals surface area contributed by atoms with E-state index in [-0.39, 0.29) is 17.3 Å². The summed E-state index contributed by atoms with van der Waals surface area (Å²) in [5, 5.41) is 4.26. The molecule has 1 aliphatic heterocycles. The molecule has 1 amide bonds. The Hall–Kier alpha value is -1.87. The van der Waals surface area contributed by atoms with Crippen LogP contribution in [0.15, 0.2) is 34.1 Å². The van der Waals surface area contributed by atoms with Crippen LogP contribution in [-0.2, 0) is 35.5 Å². The van der Waals surface area contributed by atoms with Gasteiger partial charge in [0.15, 0.2) is 0 Å². The minimum absolute atomic E-state index is 0.0963. The number of thioether (sulfide) groups is 1. The van der Waals surface area contributed by atoms with Crippen LogP contribution < -0.4 is 11.0 Å². The Balaban J connectivity index is 1.37. The van der Waals surface area contributed by atoms with Crippen molar-refractivity contribution in [2.24, 2.45) is 0 Å². The lowest BCUT2D eigenvalue weighted by molar-refractivity contribution is -0.118. The van der Waals surface area contributed by atoms with E-state index >= 15 is 0 Å². The van der Waals surface area contributed by atoms with E-state index in [1.165, 1.54) is 11.8 Å². The largest absolute Gasteiger partial charge is 0.379 e. The van der Waals surface area contributed by atoms with Crippen LogP contribution in [0.1, 0.15) is 36.1 Å². The third-order valence-corrected chi connectivity index (χ3v) is 7.57. The molecule has 0 bridgehead atoms. The van der Waals surface area contributed by atoms with Crippen LogP contribution in [0.25, 0.3) is 0 Å². The van der Waals surface area contributed by atoms with Crippen molar-refractivity contribution in [1.29, 1.82) is 0 Å². The van der Waals surface area contributed by atoms with Gasteiger partial charge < -0.3 is 10.1 Å². The third-order valence-electron chi connectivity index (χ3n) is 6.18. The smallest absolute Gasteiger partial charge is 0.348 e. The minimum Gasteiger partial charge on any atom is -0.379 e. The fraction of sp³-hybridized carbons (Fsp3) is 0.542. The zero-order chi connectivity index (χ0) is 23.0. The molecule has 2 heterocycles. The van der Waals surface area contributed by atoms with Gasteiger partial charge in [-0.15, -0.1) is 0 Å². The summed E-state index contributed by atoms with van der Waals surface area (Å²) in [5.74, 6) is 0.130. The molecule has 1 fully saturated rings. The van der Waals surface area contributed by atoms with Gasteiger partial charge in [0.1, 0.15) is 5.03 Å². The van der Waals surface area contributed by atoms with Crippen molar-refractivity contribution in [3.05, 3.63) is 56.6 Å². The Bertz CT molecular complexity index is 1020. The maximum Gasteiger partial charge on any atom is 0.348 e. The van der Waals surface area contributed by atoms with Gasteiger partial charge in [-0.1, -0.05) is 41.6 Å². The maximum atomic E-state index is 12.9. The molecule has 1 N–H and O–H groups in total. The van der Waals surface area contributed by atoms with Crippen LogP contribution in [0.4, 0.5) is 0 Å². The summed E-state index contributed by atoms with van der Waals surface area (Å²) in [5.41, 5.74) is 2.95. The molecule has 0 radical (unpaired) electrons. The topological polar surface area (TPSA) is 76.5 Å². The Labute approximate surface area is 203 Å². The molecule has 33 heavy (non-hydrogen) atoms. The summed E-state index contributed by atoms with van der Waals surface area (Å²) in [7, 11) is 0. The molecule has 1 aliphatic carbocycles. The number of nitrogens with zero attached hydrogens (tertiary/aromatic N) is 3. The number of rotatable bonds is 9. The number of hydrogen-bond acceptors (Lipinski definition) is 6. The van der Waals surface area contributed by atoms with Crippen LogP contribution >= 0.6 is 23.4 Å². The summed E-state index contributed by atoms with van der Waals surface area (Å²) in [6, 6.07) is 7.47. The number of halogens is 1. The second-order valence-electron chi connectivity index (χ2n) is 8.45. The lowest BCUT2D eigenvalue weighted by Crippen LogP contribution is -2.38. The minimum atomic E-state index is -0.198. The second-order valence-corrected chi connectivity index (χ2v) is 9.82. The van der Waals surface area contributed by atoms with Crippen LogP contribution in [0, 0.1) is 0 Å². The second kappa shape index (κ2) is 12.0. The van der Waals surface area contributed by atoms with Crippen molar-refractivity contribution in [3.63, 3.8) is 0 Å². The van der Waals surface area contributed by atoms with Crippen molar-refractivity contribution in [3.8, 4) is 0 Å². The van der Waals surface area contributed by atoms with E-state index in [2.05, 4.69) is 15.2 Å². The highest BCUT2D eigenvalue weighted by molar-refractivity contribution is 7.99. The summed E-state index contributed by atoms with van der Waals surface area (Å²) in [6.45, 7) is 5.53. The van der Waals surface area contributed by atoms with E-state index in [0.29, 0.717) is 23.1 Å². The van der Waals surface area contributed by atoms with Gasteiger partial charge in [0, 0.05) is 49.0 Å². The predicted molar refractivity (Wildman–Crippen MR) is 131 cm³/mol. The number of ether oxygens (including phenoxy) is 1. The highest BCUT2D eigenvalue weighted by Crippen LogP contribution is 2.28. The first-order chi connectivity index (χ1) is 16.1. The average Bonchev–Trinajstić information content (AvgIpc) is 2.84. The first kappa shape index (κ1) is 24.3. The van der Waals surface area contributed by atoms with Crippen LogP contribution in [0.2, 0.25) is 5.02 Å². The molecule has 9 heteroatoms. The Morgan fingerprint density at radius 3 is 2.76 bits per heavy atom. The summed E-state index contributed by atoms with van der Waals surface area (Å²) in [4.78, 5) is 32.1. The fourth-order valence-corrected chi connectivity index (χ4v) is 5.50. The Kier molecular flexibility index (Phi) is 8.83. The molecule has 2 aromatic rings. The van der Waals surface area contributed by atoms with Crippen LogP contribution in [0.5, 0.6) is 0 Å². The molecule has 4 rings (SSSR count). The normalized spacial score (nSPS) is 16.4. The molecule has 1 aromatic carbocycles. The van der Waals surface area contributed by atoms with Gasteiger partial charge in [-0.2, -0.15) is 4.98 Å². The number of aromatic nitrogens is 2. The molecule has 0 saturated carbocycles. The van der Waals surface area contributed by atoms with Gasteiger partial charge in [-0.25, -0.2) is 4.79 Å². The summed E-state index contributed by atoms with van der Waals surface area (Å²) >= 11 is 7.52. The molecule has 1 saturated heterocycles. The number of amides is 1. The predicted octanol–water partition coefficient (Wildman–Crippen LogP) is 2.91. The summed E-state index contributed by atoms with van der Waals surface area (Å²) in [6.07, 6.45) is 4.91. The Morgan fingerprint density at radius 2 is 1.94 bits per heavy atom. The van der Waals surface area contributed by atoms with E-state index in [1.807, 2.05) is 28.8 Å². The van der Waals surface area contributed by atoms with Crippen molar-refractivity contribution in [2.45, 2.75) is 50.2 Å². The van der Waals surface area contributed by atoms with Gasteiger partial charge in [0.25, 0.3) is 0 Å². The zero-order valence-corrected chi connectivity index (χ0v) is 20.4. The molecule has 7 nitrogen and oxygen atoms in total. The van der Waals surface area contributed by atoms with Gasteiger partial charge >= 0.3 is 5.69 Å². The van der Waals surface area contributed by atoms with Crippen molar-refractivity contribution >= 4 is 29.3 Å². The molecular formula is C24H31ClN4O3S. The highest BCUT2D eigenvalue weighted by Gasteiger charge is 2.21. The van der Waals surface area contributed by atoms with Gasteiger partial charge in [-0.05, 0) is 43.7 Å². The molecule has 178 valence electrons. The molecule has 2 aliphatic rings. The van der Waals surface area contributed by atoms with Crippen molar-refractivity contribution < 1.29 is 9.53 Å². The van der Waals surface area contributed by atoms with Gasteiger partial charge in [-0.3, -0.25) is 14.3 Å². The van der Waals surface area contributed by atoms with E-state index in [4.69, 9.17) is 16.3 Å². The van der Waals surface area contributed by atoms with Gasteiger partial charge in [0.2, 0.25) is 5.91 Å². The lowest BCUT2D eigenvalue weighted by atomic mass is 9.97. The third kappa shape index (κ3) is 6.59. The zero-order valence-electron chi connectivity index (χ0n) is 18.9. The number of carbonyl (C=O) groups excluding carboxylic acids is 1. The molecule has 0 spiro atoms. The number of hydrogen-bond donors (Lipinski definition) is 1. The van der Waals surface area contributed by atoms with Crippen LogP contribution in [0.3, 0.4) is 0 Å². The van der Waals surface area contributed by atoms with Crippen molar-refractivity contribution in [2.75, 3.05) is 38.6 Å². The quantitative estimate of drug-likeness (QED) is 0.430. The first-order valence-corrected chi connectivity index (χ1v) is 13.0. The molecule has 0 unspecified atom stereocenters. The van der Waals surface area contributed by atoms with E-state index in [1.54, 1.807) is 0 Å². The molecular weight excluding hydrogens is 460 g/mol. The number of carbonyl (C=O) groups is 1. The standard InChI is InChI=1S/C24H31ClN4O3S/c25-20-8-3-1-6-18(20)16-26-22(30)17-33-23-19-7-2-4-9-21(19)29(24(31)27-23)11-5-10-28-12-14-32-15-13-28/h1,3,6,8H,2,4-5,7,9-17H2,(H,26,30). The van der Waals surface area contributed by atoms with E-state index in [0.717, 1.165) is 81.8 Å². The summed E-state index contributed by atoms with van der Waals surface area (Å²) < 4.78 is 7.28. The van der Waals surface area contributed by atoms with Gasteiger partial charge in [0.05, 0.1) is 19.0 Å². The number of nitrogens with one attached hydrogen (secondary N) is 1. The number of fused-ring (bicyclic) bond motifs is 1. The van der Waals surface area contributed by atoms with E-state index in [9.17, 15) is 9.59 Å². The maximum absolute atomic E-state index is 12.9. The number of benzene rings is 1. The number of morpholine rings is 1. The average molecular weight is 491 g/mol. The highest BCUT2D eigenvalue weighted by atomic mass is 35.5. The van der Waals surface area contributed by atoms with E-state index < -0.39 is 0 Å². The monoisotopic (exact) mass is 490 g/mol. The fourth-order valence-electron chi connectivity index (χ4n) is 4.40.